The molecule has 0 amide bonds. The van der Waals surface area contributed by atoms with Crippen LogP contribution in [0.3, 0.4) is 0 Å². The van der Waals surface area contributed by atoms with Crippen molar-refractivity contribution in [2.75, 3.05) is 0 Å². The number of rotatable bonds is 3. The highest BCUT2D eigenvalue weighted by Crippen LogP contribution is 2.39. The van der Waals surface area contributed by atoms with Crippen LogP contribution in [0.25, 0.3) is 49.9 Å². The number of aromatic nitrogens is 3. The van der Waals surface area contributed by atoms with Crippen molar-refractivity contribution in [3.05, 3.63) is 115 Å². The molecule has 3 heteroatoms. The maximum absolute atomic E-state index is 4.63. The fraction of sp³-hybridized carbons (Fsp3) is 0. The Hall–Kier alpha value is -4.24. The van der Waals surface area contributed by atoms with Crippen molar-refractivity contribution in [1.82, 2.24) is 14.8 Å². The first-order valence-corrected chi connectivity index (χ1v) is 10.4. The van der Waals surface area contributed by atoms with Gasteiger partial charge in [-0.05, 0) is 17.7 Å². The zero-order valence-electron chi connectivity index (χ0n) is 16.8. The number of nitrogens with zero attached hydrogens (tertiary/aromatic N) is 3. The van der Waals surface area contributed by atoms with E-state index in [0.717, 1.165) is 39.1 Å². The normalized spacial score (nSPS) is 11.2. The predicted octanol–water partition coefficient (Wildman–Crippen LogP) is 6.91. The molecule has 0 saturated heterocycles. The zero-order valence-corrected chi connectivity index (χ0v) is 16.8. The molecule has 31 heavy (non-hydrogen) atoms. The van der Waals surface area contributed by atoms with Crippen LogP contribution in [0.2, 0.25) is 0 Å². The van der Waals surface area contributed by atoms with E-state index in [1.54, 1.807) is 0 Å². The number of hydrogen-bond donors (Lipinski definition) is 0. The number of benzene rings is 4. The topological polar surface area (TPSA) is 30.7 Å². The molecule has 2 aromatic heterocycles. The lowest BCUT2D eigenvalue weighted by molar-refractivity contribution is 1.01. The molecule has 0 aliphatic rings. The van der Waals surface area contributed by atoms with E-state index in [4.69, 9.17) is 0 Å². The highest BCUT2D eigenvalue weighted by Gasteiger charge is 2.20. The lowest BCUT2D eigenvalue weighted by Crippen LogP contribution is -2.03. The highest BCUT2D eigenvalue weighted by molar-refractivity contribution is 6.10. The Morgan fingerprint density at radius 2 is 1.03 bits per heavy atom. The molecular weight excluding hydrogens is 378 g/mol. The van der Waals surface area contributed by atoms with E-state index < -0.39 is 0 Å². The van der Waals surface area contributed by atoms with Gasteiger partial charge in [0.1, 0.15) is 5.69 Å². The van der Waals surface area contributed by atoms with E-state index in [9.17, 15) is 0 Å². The number of hydrogen-bond acceptors (Lipinski definition) is 2. The quantitative estimate of drug-likeness (QED) is 0.325. The molecule has 0 atom stereocenters. The van der Waals surface area contributed by atoms with E-state index in [2.05, 4.69) is 99.7 Å². The summed E-state index contributed by atoms with van der Waals surface area (Å²) < 4.78 is 2.34. The van der Waals surface area contributed by atoms with Crippen LogP contribution in [-0.2, 0) is 0 Å². The summed E-state index contributed by atoms with van der Waals surface area (Å²) in [5, 5.41) is 11.5. The van der Waals surface area contributed by atoms with Gasteiger partial charge in [-0.15, -0.1) is 5.10 Å². The van der Waals surface area contributed by atoms with E-state index in [-0.39, 0.29) is 0 Å². The third-order valence-corrected chi connectivity index (χ3v) is 5.76. The summed E-state index contributed by atoms with van der Waals surface area (Å²) in [7, 11) is 0. The van der Waals surface area contributed by atoms with Gasteiger partial charge in [0.05, 0.1) is 22.9 Å². The maximum atomic E-state index is 4.63. The van der Waals surface area contributed by atoms with Gasteiger partial charge < -0.3 is 4.57 Å². The zero-order chi connectivity index (χ0) is 20.6. The Bertz CT molecular complexity index is 1410. The first-order chi connectivity index (χ1) is 15.4. The second-order valence-electron chi connectivity index (χ2n) is 7.56. The molecule has 0 N–H and O–H groups in total. The first-order valence-electron chi connectivity index (χ1n) is 10.4. The van der Waals surface area contributed by atoms with Gasteiger partial charge in [0.15, 0.2) is 0 Å². The molecule has 0 saturated carbocycles. The fourth-order valence-corrected chi connectivity index (χ4v) is 4.39. The van der Waals surface area contributed by atoms with Crippen molar-refractivity contribution in [3.63, 3.8) is 0 Å². The van der Waals surface area contributed by atoms with Gasteiger partial charge in [0.2, 0.25) is 0 Å². The average molecular weight is 397 g/mol. The van der Waals surface area contributed by atoms with E-state index in [1.807, 2.05) is 30.5 Å². The Labute approximate surface area is 180 Å². The van der Waals surface area contributed by atoms with Gasteiger partial charge in [-0.25, -0.2) is 0 Å². The molecule has 6 rings (SSSR count). The summed E-state index contributed by atoms with van der Waals surface area (Å²) in [6.07, 6.45) is 1.88. The Morgan fingerprint density at radius 1 is 0.516 bits per heavy atom. The second-order valence-corrected chi connectivity index (χ2v) is 7.56. The van der Waals surface area contributed by atoms with Crippen molar-refractivity contribution >= 4 is 21.8 Å². The summed E-state index contributed by atoms with van der Waals surface area (Å²) in [4.78, 5) is 0. The van der Waals surface area contributed by atoms with Crippen molar-refractivity contribution < 1.29 is 0 Å². The minimum Gasteiger partial charge on any atom is -0.306 e. The summed E-state index contributed by atoms with van der Waals surface area (Å²) in [5.74, 6) is 0. The van der Waals surface area contributed by atoms with Gasteiger partial charge in [0.25, 0.3) is 0 Å². The third kappa shape index (κ3) is 2.82. The van der Waals surface area contributed by atoms with Crippen LogP contribution >= 0.6 is 0 Å². The maximum Gasteiger partial charge on any atom is 0.118 e. The molecule has 0 aliphatic carbocycles. The monoisotopic (exact) mass is 397 g/mol. The Morgan fingerprint density at radius 3 is 1.65 bits per heavy atom. The van der Waals surface area contributed by atoms with Crippen LogP contribution in [0.1, 0.15) is 0 Å². The number of para-hydroxylation sites is 2. The molecule has 0 fully saturated rings. The van der Waals surface area contributed by atoms with Crippen LogP contribution in [-0.4, -0.2) is 14.8 Å². The Balaban J connectivity index is 1.81. The summed E-state index contributed by atoms with van der Waals surface area (Å²) in [6, 6.07) is 37.8. The standard InChI is InChI=1S/C28H19N3/c1-3-11-20(12-4-1)24-19-29-30-27(21-13-5-2-6-14-21)28(24)31-25-17-9-7-15-22(25)23-16-8-10-18-26(23)31/h1-19H. The van der Waals surface area contributed by atoms with E-state index in [0.29, 0.717) is 0 Å². The lowest BCUT2D eigenvalue weighted by atomic mass is 10.0. The van der Waals surface area contributed by atoms with Crippen LogP contribution < -0.4 is 0 Å². The van der Waals surface area contributed by atoms with Crippen molar-refractivity contribution in [1.29, 1.82) is 0 Å². The largest absolute Gasteiger partial charge is 0.306 e. The van der Waals surface area contributed by atoms with Crippen molar-refractivity contribution in [3.8, 4) is 28.1 Å². The van der Waals surface area contributed by atoms with E-state index in [1.165, 1.54) is 10.8 Å². The molecule has 0 bridgehead atoms. The van der Waals surface area contributed by atoms with Crippen molar-refractivity contribution in [2.24, 2.45) is 0 Å². The molecule has 3 nitrogen and oxygen atoms in total. The SMILES string of the molecule is c1ccc(-c2cnnc(-c3ccccc3)c2-n2c3ccccc3c3ccccc32)cc1. The molecule has 2 heterocycles. The fourth-order valence-electron chi connectivity index (χ4n) is 4.39. The summed E-state index contributed by atoms with van der Waals surface area (Å²) >= 11 is 0. The molecule has 146 valence electrons. The molecule has 0 unspecified atom stereocenters. The second kappa shape index (κ2) is 7.22. The Kier molecular flexibility index (Phi) is 4.10. The summed E-state index contributed by atoms with van der Waals surface area (Å²) in [5.41, 5.74) is 7.45. The first kappa shape index (κ1) is 17.6. The minimum absolute atomic E-state index is 0.869. The predicted molar refractivity (Wildman–Crippen MR) is 127 cm³/mol. The minimum atomic E-state index is 0.869. The molecular formula is C28H19N3. The van der Waals surface area contributed by atoms with Gasteiger partial charge in [0, 0.05) is 21.9 Å². The smallest absolute Gasteiger partial charge is 0.118 e. The van der Waals surface area contributed by atoms with Crippen LogP contribution in [0.5, 0.6) is 0 Å². The van der Waals surface area contributed by atoms with Crippen LogP contribution in [0, 0.1) is 0 Å². The molecule has 4 aromatic carbocycles. The van der Waals surface area contributed by atoms with Crippen molar-refractivity contribution in [2.45, 2.75) is 0 Å². The summed E-state index contributed by atoms with van der Waals surface area (Å²) in [6.45, 7) is 0. The average Bonchev–Trinajstić information content (AvgIpc) is 3.19. The molecule has 0 aliphatic heterocycles. The van der Waals surface area contributed by atoms with Gasteiger partial charge in [-0.2, -0.15) is 5.10 Å². The number of fused-ring (bicyclic) bond motifs is 3. The molecule has 0 spiro atoms. The molecule has 6 aromatic rings. The van der Waals surface area contributed by atoms with Crippen LogP contribution in [0.15, 0.2) is 115 Å². The van der Waals surface area contributed by atoms with Gasteiger partial charge >= 0.3 is 0 Å². The van der Waals surface area contributed by atoms with Crippen LogP contribution in [0.4, 0.5) is 0 Å². The van der Waals surface area contributed by atoms with Gasteiger partial charge in [-0.1, -0.05) is 97.1 Å². The van der Waals surface area contributed by atoms with Gasteiger partial charge in [-0.3, -0.25) is 0 Å². The lowest BCUT2D eigenvalue weighted by Gasteiger charge is -2.17. The third-order valence-electron chi connectivity index (χ3n) is 5.76. The van der Waals surface area contributed by atoms with E-state index >= 15 is 0 Å². The molecule has 0 radical (unpaired) electrons. The highest BCUT2D eigenvalue weighted by atomic mass is 15.1.